The van der Waals surface area contributed by atoms with E-state index in [9.17, 15) is 9.59 Å². The average molecular weight is 445 g/mol. The van der Waals surface area contributed by atoms with Gasteiger partial charge in [0, 0.05) is 49.0 Å². The van der Waals surface area contributed by atoms with E-state index in [0.29, 0.717) is 36.9 Å². The molecule has 0 aromatic carbocycles. The summed E-state index contributed by atoms with van der Waals surface area (Å²) >= 11 is 6.36. The monoisotopic (exact) mass is 444 g/mol. The first-order chi connectivity index (χ1) is 14.6. The van der Waals surface area contributed by atoms with Crippen molar-refractivity contribution in [2.75, 3.05) is 24.5 Å². The molecule has 1 saturated heterocycles. The van der Waals surface area contributed by atoms with Crippen LogP contribution in [0.25, 0.3) is 22.4 Å². The molecule has 0 bridgehead atoms. The summed E-state index contributed by atoms with van der Waals surface area (Å²) in [5.41, 5.74) is 0.467. The lowest BCUT2D eigenvalue weighted by molar-refractivity contribution is 0.0218. The Balaban J connectivity index is 1.63. The third-order valence-electron chi connectivity index (χ3n) is 5.10. The van der Waals surface area contributed by atoms with Crippen LogP contribution in [0.1, 0.15) is 27.7 Å². The number of aromatic nitrogens is 4. The molecular weight excluding hydrogens is 420 g/mol. The number of carbonyl (C=O) groups excluding carboxylic acids is 1. The fourth-order valence-electron chi connectivity index (χ4n) is 3.68. The number of carbonyl (C=O) groups is 1. The standard InChI is InChI=1S/C21H25ClN6O3/c1-12-11-27(20(30)31-21(2,3)4)8-9-28(12)18-15(22)19(29)26-17(25-18)14-10-24-16-13(14)6-5-7-23-16/h5-7,10,12H,8-9,11H2,1-4H3,(H,23,24)(H,25,26,29)/t12-/m0/s1. The zero-order valence-corrected chi connectivity index (χ0v) is 18.7. The van der Waals surface area contributed by atoms with E-state index in [1.165, 1.54) is 0 Å². The van der Waals surface area contributed by atoms with Gasteiger partial charge < -0.3 is 24.5 Å². The van der Waals surface area contributed by atoms with E-state index in [2.05, 4.69) is 19.9 Å². The Bertz CT molecular complexity index is 1180. The van der Waals surface area contributed by atoms with Gasteiger partial charge in [0.25, 0.3) is 5.56 Å². The molecule has 4 heterocycles. The van der Waals surface area contributed by atoms with Crippen molar-refractivity contribution in [3.63, 3.8) is 0 Å². The summed E-state index contributed by atoms with van der Waals surface area (Å²) in [4.78, 5) is 43.5. The van der Waals surface area contributed by atoms with Gasteiger partial charge >= 0.3 is 6.09 Å². The van der Waals surface area contributed by atoms with E-state index in [-0.39, 0.29) is 17.2 Å². The fourth-order valence-corrected chi connectivity index (χ4v) is 3.88. The molecule has 4 rings (SSSR count). The SMILES string of the molecule is C[C@H]1CN(C(=O)OC(C)(C)C)CCN1c1nc(-c2c[nH]c3ncccc23)[nH]c(=O)c1Cl. The molecule has 1 fully saturated rings. The zero-order valence-electron chi connectivity index (χ0n) is 17.9. The van der Waals surface area contributed by atoms with Crippen molar-refractivity contribution in [3.8, 4) is 11.4 Å². The molecule has 1 aliphatic heterocycles. The Hall–Kier alpha value is -3.07. The third kappa shape index (κ3) is 4.23. The molecule has 164 valence electrons. The number of fused-ring (bicyclic) bond motifs is 1. The predicted molar refractivity (Wildman–Crippen MR) is 120 cm³/mol. The van der Waals surface area contributed by atoms with Gasteiger partial charge in [-0.05, 0) is 39.8 Å². The summed E-state index contributed by atoms with van der Waals surface area (Å²) in [6.45, 7) is 8.84. The molecule has 31 heavy (non-hydrogen) atoms. The van der Waals surface area contributed by atoms with E-state index in [1.807, 2.05) is 44.7 Å². The highest BCUT2D eigenvalue weighted by Gasteiger charge is 2.32. The fraction of sp³-hybridized carbons (Fsp3) is 0.429. The Morgan fingerprint density at radius 3 is 2.81 bits per heavy atom. The number of pyridine rings is 1. The van der Waals surface area contributed by atoms with Crippen LogP contribution in [0.2, 0.25) is 5.02 Å². The molecule has 0 radical (unpaired) electrons. The number of amides is 1. The molecule has 0 aliphatic carbocycles. The molecule has 1 amide bonds. The second kappa shape index (κ2) is 7.88. The van der Waals surface area contributed by atoms with Crippen LogP contribution in [0.5, 0.6) is 0 Å². The van der Waals surface area contributed by atoms with Crippen LogP contribution in [-0.2, 0) is 4.74 Å². The van der Waals surface area contributed by atoms with E-state index in [1.54, 1.807) is 17.3 Å². The second-order valence-corrected chi connectivity index (χ2v) is 9.00. The lowest BCUT2D eigenvalue weighted by atomic mass is 10.2. The molecule has 1 atom stereocenters. The van der Waals surface area contributed by atoms with Crippen molar-refractivity contribution in [2.24, 2.45) is 0 Å². The molecule has 0 saturated carbocycles. The minimum absolute atomic E-state index is 0.0271. The van der Waals surface area contributed by atoms with Crippen molar-refractivity contribution in [2.45, 2.75) is 39.3 Å². The van der Waals surface area contributed by atoms with Crippen molar-refractivity contribution >= 4 is 34.5 Å². The third-order valence-corrected chi connectivity index (χ3v) is 5.44. The second-order valence-electron chi connectivity index (χ2n) is 8.62. The van der Waals surface area contributed by atoms with Gasteiger partial charge in [0.15, 0.2) is 5.82 Å². The highest BCUT2D eigenvalue weighted by atomic mass is 35.5. The van der Waals surface area contributed by atoms with E-state index in [4.69, 9.17) is 16.3 Å². The first-order valence-electron chi connectivity index (χ1n) is 10.1. The maximum absolute atomic E-state index is 12.6. The number of hydrogen-bond acceptors (Lipinski definition) is 6. The maximum Gasteiger partial charge on any atom is 0.410 e. The molecule has 2 N–H and O–H groups in total. The summed E-state index contributed by atoms with van der Waals surface area (Å²) in [5, 5.41) is 0.876. The van der Waals surface area contributed by atoms with Gasteiger partial charge in [0.05, 0.1) is 0 Å². The molecule has 3 aromatic rings. The number of nitrogens with zero attached hydrogens (tertiary/aromatic N) is 4. The summed E-state index contributed by atoms with van der Waals surface area (Å²) < 4.78 is 5.48. The summed E-state index contributed by atoms with van der Waals surface area (Å²) in [6, 6.07) is 3.63. The molecule has 9 nitrogen and oxygen atoms in total. The summed E-state index contributed by atoms with van der Waals surface area (Å²) in [6.07, 6.45) is 3.10. The first-order valence-corrected chi connectivity index (χ1v) is 10.5. The zero-order chi connectivity index (χ0) is 22.3. The summed E-state index contributed by atoms with van der Waals surface area (Å²) in [7, 11) is 0. The van der Waals surface area contributed by atoms with Crippen LogP contribution in [0, 0.1) is 0 Å². The summed E-state index contributed by atoms with van der Waals surface area (Å²) in [5.74, 6) is 0.806. The molecule has 0 spiro atoms. The van der Waals surface area contributed by atoms with E-state index >= 15 is 0 Å². The molecule has 0 unspecified atom stereocenters. The molecular formula is C21H25ClN6O3. The van der Waals surface area contributed by atoms with E-state index in [0.717, 1.165) is 10.9 Å². The van der Waals surface area contributed by atoms with Crippen LogP contribution in [0.4, 0.5) is 10.6 Å². The van der Waals surface area contributed by atoms with Crippen LogP contribution in [0.3, 0.4) is 0 Å². The first kappa shape index (κ1) is 21.2. The maximum atomic E-state index is 12.6. The number of rotatable bonds is 2. The molecule has 1 aliphatic rings. The van der Waals surface area contributed by atoms with Crippen molar-refractivity contribution in [3.05, 3.63) is 39.9 Å². The van der Waals surface area contributed by atoms with Gasteiger partial charge in [-0.2, -0.15) is 0 Å². The Morgan fingerprint density at radius 2 is 2.10 bits per heavy atom. The van der Waals surface area contributed by atoms with Gasteiger partial charge in [-0.3, -0.25) is 4.79 Å². The lowest BCUT2D eigenvalue weighted by Gasteiger charge is -2.41. The van der Waals surface area contributed by atoms with Gasteiger partial charge in [-0.15, -0.1) is 0 Å². The van der Waals surface area contributed by atoms with Crippen LogP contribution >= 0.6 is 11.6 Å². The minimum Gasteiger partial charge on any atom is -0.444 e. The topological polar surface area (TPSA) is 107 Å². The smallest absolute Gasteiger partial charge is 0.410 e. The van der Waals surface area contributed by atoms with Crippen LogP contribution in [0.15, 0.2) is 29.3 Å². The number of H-pyrrole nitrogens is 2. The van der Waals surface area contributed by atoms with Gasteiger partial charge in [-0.25, -0.2) is 14.8 Å². The molecule has 3 aromatic heterocycles. The number of halogens is 1. The Labute approximate surface area is 184 Å². The number of piperazine rings is 1. The predicted octanol–water partition coefficient (Wildman–Crippen LogP) is 3.41. The van der Waals surface area contributed by atoms with Crippen molar-refractivity contribution < 1.29 is 9.53 Å². The normalized spacial score (nSPS) is 17.3. The largest absolute Gasteiger partial charge is 0.444 e. The van der Waals surface area contributed by atoms with Crippen LogP contribution in [-0.4, -0.2) is 62.2 Å². The van der Waals surface area contributed by atoms with Crippen molar-refractivity contribution in [1.82, 2.24) is 24.8 Å². The van der Waals surface area contributed by atoms with Crippen molar-refractivity contribution in [1.29, 1.82) is 0 Å². The Morgan fingerprint density at radius 1 is 1.32 bits per heavy atom. The van der Waals surface area contributed by atoms with Gasteiger partial charge in [0.2, 0.25) is 0 Å². The number of hydrogen-bond donors (Lipinski definition) is 2. The molecule has 10 heteroatoms. The van der Waals surface area contributed by atoms with E-state index < -0.39 is 11.2 Å². The average Bonchev–Trinajstić information content (AvgIpc) is 3.13. The number of anilines is 1. The minimum atomic E-state index is -0.557. The highest BCUT2D eigenvalue weighted by molar-refractivity contribution is 6.32. The Kier molecular flexibility index (Phi) is 5.38. The number of nitrogens with one attached hydrogen (secondary N) is 2. The quantitative estimate of drug-likeness (QED) is 0.627. The highest BCUT2D eigenvalue weighted by Crippen LogP contribution is 2.29. The van der Waals surface area contributed by atoms with Crippen LogP contribution < -0.4 is 10.5 Å². The van der Waals surface area contributed by atoms with Gasteiger partial charge in [-0.1, -0.05) is 11.6 Å². The van der Waals surface area contributed by atoms with Gasteiger partial charge in [0.1, 0.15) is 22.1 Å². The lowest BCUT2D eigenvalue weighted by Crippen LogP contribution is -2.55. The number of ether oxygens (including phenoxy) is 1. The number of aromatic amines is 2.